The van der Waals surface area contributed by atoms with Crippen LogP contribution in [0.3, 0.4) is 0 Å². The lowest BCUT2D eigenvalue weighted by Gasteiger charge is -2.12. The van der Waals surface area contributed by atoms with Gasteiger partial charge in [0.15, 0.2) is 5.96 Å². The molecule has 0 amide bonds. The summed E-state index contributed by atoms with van der Waals surface area (Å²) in [5, 5.41) is 15.2. The number of hydrogen-bond acceptors (Lipinski definition) is 2. The fraction of sp³-hybridized carbons (Fsp3) is 0.176. The SMILES string of the molecule is CN=C(NCc1ccc(F)cc1)NCc1cccc(C#N)c1.I. The molecule has 0 saturated carbocycles. The van der Waals surface area contributed by atoms with Crippen molar-refractivity contribution in [1.82, 2.24) is 10.6 Å². The summed E-state index contributed by atoms with van der Waals surface area (Å²) in [6.07, 6.45) is 0. The monoisotopic (exact) mass is 424 g/mol. The lowest BCUT2D eigenvalue weighted by atomic mass is 10.1. The molecule has 0 aliphatic rings. The van der Waals surface area contributed by atoms with E-state index in [1.807, 2.05) is 18.2 Å². The zero-order valence-corrected chi connectivity index (χ0v) is 15.0. The van der Waals surface area contributed by atoms with Crippen LogP contribution in [-0.4, -0.2) is 13.0 Å². The Hall–Kier alpha value is -2.14. The molecule has 6 heteroatoms. The highest BCUT2D eigenvalue weighted by atomic mass is 127. The number of halogens is 2. The van der Waals surface area contributed by atoms with Crippen LogP contribution in [-0.2, 0) is 13.1 Å². The van der Waals surface area contributed by atoms with Crippen molar-refractivity contribution in [3.63, 3.8) is 0 Å². The number of hydrogen-bond donors (Lipinski definition) is 2. The van der Waals surface area contributed by atoms with Crippen molar-refractivity contribution < 1.29 is 4.39 Å². The van der Waals surface area contributed by atoms with Crippen molar-refractivity contribution in [2.24, 2.45) is 4.99 Å². The van der Waals surface area contributed by atoms with E-state index in [0.29, 0.717) is 24.6 Å². The van der Waals surface area contributed by atoms with Crippen LogP contribution in [0.25, 0.3) is 0 Å². The highest BCUT2D eigenvalue weighted by Gasteiger charge is 2.00. The third kappa shape index (κ3) is 6.24. The van der Waals surface area contributed by atoms with Gasteiger partial charge >= 0.3 is 0 Å². The van der Waals surface area contributed by atoms with Crippen molar-refractivity contribution in [2.45, 2.75) is 13.1 Å². The van der Waals surface area contributed by atoms with Crippen LogP contribution >= 0.6 is 24.0 Å². The fourth-order valence-electron chi connectivity index (χ4n) is 1.95. The number of nitrogens with one attached hydrogen (secondary N) is 2. The maximum atomic E-state index is 12.8. The zero-order chi connectivity index (χ0) is 15.8. The molecule has 0 spiro atoms. The molecule has 0 atom stereocenters. The van der Waals surface area contributed by atoms with Crippen LogP contribution in [0, 0.1) is 17.1 Å². The smallest absolute Gasteiger partial charge is 0.191 e. The van der Waals surface area contributed by atoms with Gasteiger partial charge in [0.1, 0.15) is 5.82 Å². The average molecular weight is 424 g/mol. The highest BCUT2D eigenvalue weighted by Crippen LogP contribution is 2.04. The first-order chi connectivity index (χ1) is 10.7. The summed E-state index contributed by atoms with van der Waals surface area (Å²) in [5.41, 5.74) is 2.60. The lowest BCUT2D eigenvalue weighted by molar-refractivity contribution is 0.626. The average Bonchev–Trinajstić information content (AvgIpc) is 2.57. The van der Waals surface area contributed by atoms with Crippen molar-refractivity contribution in [3.8, 4) is 6.07 Å². The van der Waals surface area contributed by atoms with E-state index in [-0.39, 0.29) is 29.8 Å². The molecular weight excluding hydrogens is 406 g/mol. The van der Waals surface area contributed by atoms with E-state index in [0.717, 1.165) is 11.1 Å². The van der Waals surface area contributed by atoms with Crippen LogP contribution in [0.15, 0.2) is 53.5 Å². The Bertz CT molecular complexity index is 692. The topological polar surface area (TPSA) is 60.2 Å². The minimum atomic E-state index is -0.247. The van der Waals surface area contributed by atoms with E-state index in [2.05, 4.69) is 21.7 Å². The van der Waals surface area contributed by atoms with Crippen molar-refractivity contribution in [2.75, 3.05) is 7.05 Å². The number of nitrogens with zero attached hydrogens (tertiary/aromatic N) is 2. The molecule has 0 aromatic heterocycles. The molecule has 0 fully saturated rings. The Balaban J connectivity index is 0.00000264. The fourth-order valence-corrected chi connectivity index (χ4v) is 1.95. The van der Waals surface area contributed by atoms with Gasteiger partial charge in [0.05, 0.1) is 11.6 Å². The van der Waals surface area contributed by atoms with Crippen LogP contribution in [0.2, 0.25) is 0 Å². The number of benzene rings is 2. The predicted molar refractivity (Wildman–Crippen MR) is 100 cm³/mol. The number of guanidine groups is 1. The molecule has 0 unspecified atom stereocenters. The minimum absolute atomic E-state index is 0. The first-order valence-electron chi connectivity index (χ1n) is 6.89. The summed E-state index contributed by atoms with van der Waals surface area (Å²) in [6, 6.07) is 15.8. The lowest BCUT2D eigenvalue weighted by Crippen LogP contribution is -2.36. The second kappa shape index (κ2) is 9.79. The Kier molecular flexibility index (Phi) is 8.05. The van der Waals surface area contributed by atoms with Crippen molar-refractivity contribution >= 4 is 29.9 Å². The molecule has 2 aromatic carbocycles. The quantitative estimate of drug-likeness (QED) is 0.451. The van der Waals surface area contributed by atoms with Crippen molar-refractivity contribution in [1.29, 1.82) is 5.26 Å². The summed E-state index contributed by atoms with van der Waals surface area (Å²) in [4.78, 5) is 4.13. The molecule has 2 rings (SSSR count). The summed E-state index contributed by atoms with van der Waals surface area (Å²) in [6.45, 7) is 1.12. The summed E-state index contributed by atoms with van der Waals surface area (Å²) >= 11 is 0. The Morgan fingerprint density at radius 3 is 2.35 bits per heavy atom. The third-order valence-electron chi connectivity index (χ3n) is 3.11. The van der Waals surface area contributed by atoms with Crippen LogP contribution in [0.4, 0.5) is 4.39 Å². The zero-order valence-electron chi connectivity index (χ0n) is 12.7. The van der Waals surface area contributed by atoms with Gasteiger partial charge in [-0.05, 0) is 35.4 Å². The van der Waals surface area contributed by atoms with Crippen LogP contribution in [0.5, 0.6) is 0 Å². The molecule has 0 aliphatic carbocycles. The molecule has 0 heterocycles. The van der Waals surface area contributed by atoms with E-state index < -0.39 is 0 Å². The Morgan fingerprint density at radius 1 is 1.09 bits per heavy atom. The molecule has 120 valence electrons. The largest absolute Gasteiger partial charge is 0.352 e. The Labute approximate surface area is 152 Å². The van der Waals surface area contributed by atoms with Gasteiger partial charge < -0.3 is 10.6 Å². The maximum Gasteiger partial charge on any atom is 0.191 e. The first kappa shape index (κ1) is 18.9. The van der Waals surface area contributed by atoms with Gasteiger partial charge in [-0.15, -0.1) is 24.0 Å². The molecule has 0 radical (unpaired) electrons. The second-order valence-corrected chi connectivity index (χ2v) is 4.72. The van der Waals surface area contributed by atoms with Gasteiger partial charge in [0.2, 0.25) is 0 Å². The van der Waals surface area contributed by atoms with Gasteiger partial charge in [-0.3, -0.25) is 4.99 Å². The van der Waals surface area contributed by atoms with E-state index in [9.17, 15) is 4.39 Å². The molecule has 2 N–H and O–H groups in total. The van der Waals surface area contributed by atoms with Gasteiger partial charge in [-0.1, -0.05) is 24.3 Å². The van der Waals surface area contributed by atoms with Gasteiger partial charge in [-0.2, -0.15) is 5.26 Å². The standard InChI is InChI=1S/C17H17FN4.HI/c1-20-17(21-11-13-5-7-16(18)8-6-13)22-12-15-4-2-3-14(9-15)10-19;/h2-9H,11-12H2,1H3,(H2,20,21,22);1H. The highest BCUT2D eigenvalue weighted by molar-refractivity contribution is 14.0. The molecular formula is C17H18FIN4. The first-order valence-corrected chi connectivity index (χ1v) is 6.89. The van der Waals surface area contributed by atoms with Crippen molar-refractivity contribution in [3.05, 3.63) is 71.0 Å². The summed E-state index contributed by atoms with van der Waals surface area (Å²) < 4.78 is 12.8. The maximum absolute atomic E-state index is 12.8. The molecule has 0 aliphatic heterocycles. The minimum Gasteiger partial charge on any atom is -0.352 e. The number of aliphatic imine (C=N–C) groups is 1. The Morgan fingerprint density at radius 2 is 1.74 bits per heavy atom. The third-order valence-corrected chi connectivity index (χ3v) is 3.11. The number of nitriles is 1. The van der Waals surface area contributed by atoms with E-state index in [4.69, 9.17) is 5.26 Å². The summed E-state index contributed by atoms with van der Waals surface area (Å²) in [7, 11) is 1.69. The number of rotatable bonds is 4. The van der Waals surface area contributed by atoms with Crippen LogP contribution in [0.1, 0.15) is 16.7 Å². The molecule has 0 bridgehead atoms. The van der Waals surface area contributed by atoms with E-state index >= 15 is 0 Å². The van der Waals surface area contributed by atoms with Gasteiger partial charge in [0.25, 0.3) is 0 Å². The van der Waals surface area contributed by atoms with E-state index in [1.54, 1.807) is 25.2 Å². The molecule has 23 heavy (non-hydrogen) atoms. The predicted octanol–water partition coefficient (Wildman–Crippen LogP) is 3.18. The van der Waals surface area contributed by atoms with Crippen LogP contribution < -0.4 is 10.6 Å². The molecule has 0 saturated heterocycles. The molecule has 4 nitrogen and oxygen atoms in total. The second-order valence-electron chi connectivity index (χ2n) is 4.72. The molecule has 2 aromatic rings. The van der Waals surface area contributed by atoms with E-state index in [1.165, 1.54) is 12.1 Å². The van der Waals surface area contributed by atoms with Gasteiger partial charge in [0, 0.05) is 20.1 Å². The normalized spacial score (nSPS) is 10.4. The summed E-state index contributed by atoms with van der Waals surface area (Å²) in [5.74, 6) is 0.398. The van der Waals surface area contributed by atoms with Gasteiger partial charge in [-0.25, -0.2) is 4.39 Å².